The van der Waals surface area contributed by atoms with Crippen LogP contribution in [-0.2, 0) is 20.7 Å². The number of phenols is 1. The van der Waals surface area contributed by atoms with Crippen LogP contribution >= 0.6 is 0 Å². The summed E-state index contributed by atoms with van der Waals surface area (Å²) < 4.78 is 11.2. The van der Waals surface area contributed by atoms with Crippen molar-refractivity contribution in [2.45, 2.75) is 19.3 Å². The third-order valence-electron chi connectivity index (χ3n) is 5.68. The molecule has 1 heterocycles. The molecular weight excluding hydrogens is 508 g/mol. The van der Waals surface area contributed by atoms with Gasteiger partial charge in [-0.25, -0.2) is 0 Å². The summed E-state index contributed by atoms with van der Waals surface area (Å²) in [5.74, 6) is 1.50. The highest BCUT2D eigenvalue weighted by Crippen LogP contribution is 2.20. The van der Waals surface area contributed by atoms with E-state index in [1.807, 2.05) is 60.7 Å². The number of phenolic OH excluding ortho intramolecular Hbond substituents is 1. The molecule has 0 aliphatic carbocycles. The Morgan fingerprint density at radius 2 is 1.25 bits per heavy atom. The number of aromatic nitrogens is 3. The molecule has 0 aliphatic heterocycles. The highest BCUT2D eigenvalue weighted by atomic mass is 16.5. The summed E-state index contributed by atoms with van der Waals surface area (Å²) in [6.07, 6.45) is 1.68. The van der Waals surface area contributed by atoms with Gasteiger partial charge in [-0.3, -0.25) is 4.79 Å². The summed E-state index contributed by atoms with van der Waals surface area (Å²) >= 11 is 0. The number of ether oxygens (including phenoxy) is 2. The summed E-state index contributed by atoms with van der Waals surface area (Å²) in [4.78, 5) is 25.4. The van der Waals surface area contributed by atoms with Crippen molar-refractivity contribution >= 4 is 35.0 Å². The Hall–Kier alpha value is -4.54. The molecule has 0 saturated heterocycles. The van der Waals surface area contributed by atoms with Crippen LogP contribution in [0.1, 0.15) is 18.4 Å². The summed E-state index contributed by atoms with van der Waals surface area (Å²) in [5, 5.41) is 19.0. The maximum absolute atomic E-state index is 12.1. The maximum Gasteiger partial charge on any atom is 0.233 e. The van der Waals surface area contributed by atoms with Gasteiger partial charge in [-0.15, -0.1) is 0 Å². The van der Waals surface area contributed by atoms with E-state index in [4.69, 9.17) is 9.47 Å². The van der Waals surface area contributed by atoms with E-state index in [0.29, 0.717) is 70.1 Å². The number of anilines is 5. The molecule has 0 unspecified atom stereocenters. The second-order valence-electron chi connectivity index (χ2n) is 8.93. The Kier molecular flexibility index (Phi) is 11.2. The topological polar surface area (TPSA) is 131 Å². The van der Waals surface area contributed by atoms with E-state index in [0.717, 1.165) is 16.9 Å². The first-order valence-electron chi connectivity index (χ1n) is 13.2. The number of aromatic hydroxyl groups is 1. The van der Waals surface area contributed by atoms with Crippen molar-refractivity contribution in [2.24, 2.45) is 0 Å². The summed E-state index contributed by atoms with van der Waals surface area (Å²) in [7, 11) is 0. The van der Waals surface area contributed by atoms with Crippen molar-refractivity contribution in [3.63, 3.8) is 0 Å². The molecule has 0 atom stereocenters. The van der Waals surface area contributed by atoms with Gasteiger partial charge in [-0.1, -0.05) is 48.5 Å². The first kappa shape index (κ1) is 28.5. The first-order chi connectivity index (χ1) is 19.6. The number of para-hydroxylation sites is 1. The van der Waals surface area contributed by atoms with E-state index in [-0.39, 0.29) is 11.5 Å². The number of carbonyl (C=O) groups excluding carboxylic acids is 1. The van der Waals surface area contributed by atoms with E-state index in [1.54, 1.807) is 24.3 Å². The van der Waals surface area contributed by atoms with Gasteiger partial charge >= 0.3 is 0 Å². The molecule has 208 valence electrons. The van der Waals surface area contributed by atoms with Gasteiger partial charge < -0.3 is 30.5 Å². The van der Waals surface area contributed by atoms with Crippen molar-refractivity contribution < 1.29 is 19.4 Å². The molecule has 4 N–H and O–H groups in total. The third kappa shape index (κ3) is 10.3. The van der Waals surface area contributed by atoms with Gasteiger partial charge in [0.05, 0.1) is 19.8 Å². The highest BCUT2D eigenvalue weighted by molar-refractivity contribution is 5.80. The zero-order valence-electron chi connectivity index (χ0n) is 22.3. The molecule has 40 heavy (non-hydrogen) atoms. The third-order valence-corrected chi connectivity index (χ3v) is 5.68. The number of carbonyl (C=O) groups is 1. The van der Waals surface area contributed by atoms with Crippen molar-refractivity contribution in [1.29, 1.82) is 0 Å². The number of hydrogen-bond donors (Lipinski definition) is 4. The van der Waals surface area contributed by atoms with Gasteiger partial charge in [0.1, 0.15) is 11.5 Å². The normalized spacial score (nSPS) is 10.7. The van der Waals surface area contributed by atoms with E-state index >= 15 is 0 Å². The quantitative estimate of drug-likeness (QED) is 0.106. The molecule has 0 spiro atoms. The standard InChI is InChI=1S/C30H34N6O4/c37-26-15-13-25(14-16-26)33-30-35-28(34-29(36-30)32-24-10-5-2-6-11-24)31-17-19-40-21-20-39-18-7-12-27(38)22-23-8-3-1-4-9-23/h1-6,8-11,13-16,37H,7,12,17-22H2,(H3,31,32,33,34,35,36). The molecule has 0 saturated carbocycles. The Labute approximate surface area is 233 Å². The lowest BCUT2D eigenvalue weighted by Crippen LogP contribution is -2.15. The molecule has 0 fully saturated rings. The molecule has 0 radical (unpaired) electrons. The van der Waals surface area contributed by atoms with Crippen LogP contribution in [0.15, 0.2) is 84.9 Å². The van der Waals surface area contributed by atoms with Crippen LogP contribution in [0.25, 0.3) is 0 Å². The minimum atomic E-state index is 0.175. The van der Waals surface area contributed by atoms with Crippen LogP contribution < -0.4 is 16.0 Å². The summed E-state index contributed by atoms with van der Waals surface area (Å²) in [5.41, 5.74) is 2.62. The molecule has 4 aromatic rings. The van der Waals surface area contributed by atoms with Crippen LogP contribution in [0.3, 0.4) is 0 Å². The molecule has 10 heteroatoms. The Morgan fingerprint density at radius 1 is 0.675 bits per heavy atom. The van der Waals surface area contributed by atoms with Crippen LogP contribution in [0.4, 0.5) is 29.2 Å². The average Bonchev–Trinajstić information content (AvgIpc) is 2.96. The second kappa shape index (κ2) is 15.8. The SMILES string of the molecule is O=C(CCCOCCOCCNc1nc(Nc2ccccc2)nc(Nc2ccc(O)cc2)n1)Cc1ccccc1. The van der Waals surface area contributed by atoms with Gasteiger partial charge in [0.15, 0.2) is 0 Å². The molecular formula is C30H34N6O4. The average molecular weight is 543 g/mol. The Morgan fingerprint density at radius 3 is 1.93 bits per heavy atom. The van der Waals surface area contributed by atoms with Crippen molar-refractivity contribution in [3.8, 4) is 5.75 Å². The van der Waals surface area contributed by atoms with E-state index in [2.05, 4.69) is 30.9 Å². The number of ketones is 1. The smallest absolute Gasteiger partial charge is 0.233 e. The second-order valence-corrected chi connectivity index (χ2v) is 8.93. The molecule has 1 aromatic heterocycles. The van der Waals surface area contributed by atoms with Gasteiger partial charge in [-0.05, 0) is 48.4 Å². The highest BCUT2D eigenvalue weighted by Gasteiger charge is 2.08. The van der Waals surface area contributed by atoms with Crippen LogP contribution in [-0.4, -0.2) is 58.8 Å². The largest absolute Gasteiger partial charge is 0.508 e. The van der Waals surface area contributed by atoms with E-state index in [9.17, 15) is 9.90 Å². The zero-order chi connectivity index (χ0) is 27.8. The minimum absolute atomic E-state index is 0.175. The molecule has 3 aromatic carbocycles. The number of nitrogens with zero attached hydrogens (tertiary/aromatic N) is 3. The summed E-state index contributed by atoms with van der Waals surface area (Å²) in [6, 6.07) is 26.0. The van der Waals surface area contributed by atoms with Gasteiger partial charge in [0.2, 0.25) is 17.8 Å². The zero-order valence-corrected chi connectivity index (χ0v) is 22.3. The molecule has 10 nitrogen and oxygen atoms in total. The van der Waals surface area contributed by atoms with E-state index < -0.39 is 0 Å². The number of benzene rings is 3. The summed E-state index contributed by atoms with van der Waals surface area (Å²) in [6.45, 7) is 2.37. The predicted octanol–water partition coefficient (Wildman–Crippen LogP) is 5.10. The molecule has 0 amide bonds. The van der Waals surface area contributed by atoms with Crippen molar-refractivity contribution in [3.05, 3.63) is 90.5 Å². The van der Waals surface area contributed by atoms with Gasteiger partial charge in [0.25, 0.3) is 0 Å². The van der Waals surface area contributed by atoms with Crippen molar-refractivity contribution in [2.75, 3.05) is 48.9 Å². The minimum Gasteiger partial charge on any atom is -0.508 e. The lowest BCUT2D eigenvalue weighted by molar-refractivity contribution is -0.118. The number of hydrogen-bond acceptors (Lipinski definition) is 10. The fourth-order valence-corrected chi connectivity index (χ4v) is 3.73. The predicted molar refractivity (Wildman–Crippen MR) is 155 cm³/mol. The van der Waals surface area contributed by atoms with Crippen LogP contribution in [0, 0.1) is 0 Å². The fourth-order valence-electron chi connectivity index (χ4n) is 3.73. The van der Waals surface area contributed by atoms with E-state index in [1.165, 1.54) is 0 Å². The number of nitrogens with one attached hydrogen (secondary N) is 3. The fraction of sp³-hybridized carbons (Fsp3) is 0.267. The van der Waals surface area contributed by atoms with Gasteiger partial charge in [0, 0.05) is 37.4 Å². The Bertz CT molecular complexity index is 1310. The molecule has 4 rings (SSSR count). The number of rotatable bonds is 17. The molecule has 0 aliphatic rings. The van der Waals surface area contributed by atoms with Crippen LogP contribution in [0.2, 0.25) is 0 Å². The lowest BCUT2D eigenvalue weighted by Gasteiger charge is -2.12. The van der Waals surface area contributed by atoms with Gasteiger partial charge in [-0.2, -0.15) is 15.0 Å². The van der Waals surface area contributed by atoms with Crippen molar-refractivity contribution in [1.82, 2.24) is 15.0 Å². The molecule has 0 bridgehead atoms. The monoisotopic (exact) mass is 542 g/mol. The van der Waals surface area contributed by atoms with Crippen LogP contribution in [0.5, 0.6) is 5.75 Å². The first-order valence-corrected chi connectivity index (χ1v) is 13.2. The Balaban J connectivity index is 1.16. The maximum atomic E-state index is 12.1. The lowest BCUT2D eigenvalue weighted by atomic mass is 10.1. The number of Topliss-reactive ketones (excluding diaryl/α,β-unsaturated/α-hetero) is 1.